The van der Waals surface area contributed by atoms with Crippen molar-refractivity contribution in [2.45, 2.75) is 13.0 Å². The molecule has 28 heavy (non-hydrogen) atoms. The van der Waals surface area contributed by atoms with E-state index in [1.54, 1.807) is 24.3 Å². The third-order valence-corrected chi connectivity index (χ3v) is 5.19. The van der Waals surface area contributed by atoms with Crippen LogP contribution < -0.4 is 10.1 Å². The number of hydrogen-bond donors (Lipinski definition) is 2. The maximum Gasteiger partial charge on any atom is 0.274 e. The van der Waals surface area contributed by atoms with Crippen LogP contribution in [-0.4, -0.2) is 23.1 Å². The van der Waals surface area contributed by atoms with Crippen molar-refractivity contribution < 1.29 is 23.4 Å². The topological polar surface area (TPSA) is 71.5 Å². The van der Waals surface area contributed by atoms with Gasteiger partial charge in [0.1, 0.15) is 16.5 Å². The van der Waals surface area contributed by atoms with Gasteiger partial charge in [-0.25, -0.2) is 13.8 Å². The second kappa shape index (κ2) is 8.53. The first-order valence-electron chi connectivity index (χ1n) is 8.07. The minimum Gasteiger partial charge on any atom is -0.507 e. The number of aromatic nitrogens is 1. The van der Waals surface area contributed by atoms with Crippen molar-refractivity contribution in [1.82, 2.24) is 10.3 Å². The molecular formula is C19H15ClF2N2O3S. The van der Waals surface area contributed by atoms with Crippen molar-refractivity contribution in [3.8, 4) is 22.1 Å². The Balaban J connectivity index is 1.83. The minimum absolute atomic E-state index is 0.114. The van der Waals surface area contributed by atoms with E-state index in [1.807, 2.05) is 0 Å². The highest BCUT2D eigenvalue weighted by molar-refractivity contribution is 7.15. The number of nitrogens with zero attached hydrogens (tertiary/aromatic N) is 1. The van der Waals surface area contributed by atoms with E-state index in [4.69, 9.17) is 16.3 Å². The van der Waals surface area contributed by atoms with Crippen molar-refractivity contribution in [2.75, 3.05) is 7.11 Å². The molecule has 5 nitrogen and oxygen atoms in total. The van der Waals surface area contributed by atoms with Crippen LogP contribution in [0.5, 0.6) is 11.5 Å². The van der Waals surface area contributed by atoms with Gasteiger partial charge in [-0.1, -0.05) is 23.7 Å². The van der Waals surface area contributed by atoms with Gasteiger partial charge in [0.05, 0.1) is 23.1 Å². The van der Waals surface area contributed by atoms with Crippen LogP contribution in [0.4, 0.5) is 8.78 Å². The van der Waals surface area contributed by atoms with Gasteiger partial charge in [-0.3, -0.25) is 4.79 Å². The van der Waals surface area contributed by atoms with E-state index >= 15 is 0 Å². The summed E-state index contributed by atoms with van der Waals surface area (Å²) in [6.07, 6.45) is -1.59. The van der Waals surface area contributed by atoms with Crippen molar-refractivity contribution in [2.24, 2.45) is 0 Å². The molecule has 2 aromatic carbocycles. The summed E-state index contributed by atoms with van der Waals surface area (Å²) in [5.74, 6) is -0.524. The lowest BCUT2D eigenvalue weighted by Crippen LogP contribution is -2.23. The predicted octanol–water partition coefficient (Wildman–Crippen LogP) is 5.05. The van der Waals surface area contributed by atoms with Gasteiger partial charge in [-0.2, -0.15) is 0 Å². The molecule has 9 heteroatoms. The molecule has 0 saturated carbocycles. The molecule has 0 aliphatic heterocycles. The largest absolute Gasteiger partial charge is 0.507 e. The molecule has 146 valence electrons. The van der Waals surface area contributed by atoms with Crippen LogP contribution in [0.15, 0.2) is 42.6 Å². The van der Waals surface area contributed by atoms with Gasteiger partial charge < -0.3 is 15.2 Å². The van der Waals surface area contributed by atoms with Gasteiger partial charge in [0.25, 0.3) is 12.3 Å². The SMILES string of the molecule is COc1cc(-c2ncc(C(F)F)s2)c(O)cc1C(=O)NCc1ccc(Cl)cc1. The van der Waals surface area contributed by atoms with E-state index in [2.05, 4.69) is 10.3 Å². The fourth-order valence-corrected chi connectivity index (χ4v) is 3.40. The number of aromatic hydroxyl groups is 1. The second-order valence-electron chi connectivity index (χ2n) is 5.75. The first-order valence-corrected chi connectivity index (χ1v) is 9.26. The first kappa shape index (κ1) is 20.0. The first-order chi connectivity index (χ1) is 13.4. The number of hydrogen-bond acceptors (Lipinski definition) is 5. The predicted molar refractivity (Wildman–Crippen MR) is 103 cm³/mol. The molecule has 0 fully saturated rings. The Labute approximate surface area is 168 Å². The number of amides is 1. The molecule has 0 bridgehead atoms. The fraction of sp³-hybridized carbons (Fsp3) is 0.158. The summed E-state index contributed by atoms with van der Waals surface area (Å²) in [4.78, 5) is 16.2. The van der Waals surface area contributed by atoms with Gasteiger partial charge >= 0.3 is 0 Å². The van der Waals surface area contributed by atoms with E-state index in [0.717, 1.165) is 23.1 Å². The summed E-state index contributed by atoms with van der Waals surface area (Å²) < 4.78 is 30.8. The van der Waals surface area contributed by atoms with E-state index in [9.17, 15) is 18.7 Å². The Bertz CT molecular complexity index is 993. The Morgan fingerprint density at radius 2 is 2.04 bits per heavy atom. The van der Waals surface area contributed by atoms with Crippen LogP contribution in [0.3, 0.4) is 0 Å². The molecule has 1 heterocycles. The number of phenols is 1. The lowest BCUT2D eigenvalue weighted by atomic mass is 10.1. The molecule has 2 N–H and O–H groups in total. The van der Waals surface area contributed by atoms with Crippen LogP contribution in [0.25, 0.3) is 10.6 Å². The van der Waals surface area contributed by atoms with E-state index in [1.165, 1.54) is 19.2 Å². The highest BCUT2D eigenvalue weighted by atomic mass is 35.5. The van der Waals surface area contributed by atoms with Crippen LogP contribution in [0, 0.1) is 0 Å². The highest BCUT2D eigenvalue weighted by Gasteiger charge is 2.20. The van der Waals surface area contributed by atoms with Crippen molar-refractivity contribution in [1.29, 1.82) is 0 Å². The summed E-state index contributed by atoms with van der Waals surface area (Å²) in [5, 5.41) is 13.8. The van der Waals surface area contributed by atoms with Crippen molar-refractivity contribution in [3.05, 3.63) is 63.6 Å². The number of benzene rings is 2. The zero-order valence-corrected chi connectivity index (χ0v) is 16.2. The second-order valence-corrected chi connectivity index (χ2v) is 7.25. The van der Waals surface area contributed by atoms with E-state index in [0.29, 0.717) is 5.02 Å². The molecule has 0 aliphatic carbocycles. The average molecular weight is 425 g/mol. The molecule has 3 aromatic rings. The number of rotatable bonds is 6. The molecule has 0 unspecified atom stereocenters. The fourth-order valence-electron chi connectivity index (χ4n) is 2.48. The number of alkyl halides is 2. The number of methoxy groups -OCH3 is 1. The van der Waals surface area contributed by atoms with Crippen LogP contribution in [0.1, 0.15) is 27.2 Å². The molecule has 1 aromatic heterocycles. The quantitative estimate of drug-likeness (QED) is 0.581. The number of carbonyl (C=O) groups is 1. The molecule has 0 spiro atoms. The molecule has 0 saturated heterocycles. The van der Waals surface area contributed by atoms with Gasteiger partial charge in [-0.05, 0) is 29.8 Å². The third-order valence-electron chi connectivity index (χ3n) is 3.90. The lowest BCUT2D eigenvalue weighted by molar-refractivity contribution is 0.0947. The number of thiazole rings is 1. The molecule has 0 radical (unpaired) electrons. The van der Waals surface area contributed by atoms with Gasteiger partial charge in [0.2, 0.25) is 0 Å². The summed E-state index contributed by atoms with van der Waals surface area (Å²) in [7, 11) is 1.37. The lowest BCUT2D eigenvalue weighted by Gasteiger charge is -2.12. The normalized spacial score (nSPS) is 10.9. The standard InChI is InChI=1S/C19H15ClF2N2O3S/c1-27-15-7-12(19-24-9-16(28-19)17(21)22)14(25)6-13(15)18(26)23-8-10-2-4-11(20)5-3-10/h2-7,9,17,25H,8H2,1H3,(H,23,26). The zero-order valence-electron chi connectivity index (χ0n) is 14.6. The third kappa shape index (κ3) is 4.40. The molecule has 3 rings (SSSR count). The summed E-state index contributed by atoms with van der Waals surface area (Å²) in [6.45, 7) is 0.256. The highest BCUT2D eigenvalue weighted by Crippen LogP contribution is 2.39. The summed E-state index contributed by atoms with van der Waals surface area (Å²) in [5.41, 5.74) is 1.17. The number of halogens is 3. The minimum atomic E-state index is -2.65. The average Bonchev–Trinajstić information content (AvgIpc) is 3.17. The Hall–Kier alpha value is -2.71. The Morgan fingerprint density at radius 3 is 2.64 bits per heavy atom. The summed E-state index contributed by atoms with van der Waals surface area (Å²) in [6, 6.07) is 9.63. The zero-order chi connectivity index (χ0) is 20.3. The molecular weight excluding hydrogens is 410 g/mol. The molecule has 0 aliphatic rings. The number of ether oxygens (including phenoxy) is 1. The summed E-state index contributed by atoms with van der Waals surface area (Å²) >= 11 is 6.60. The Kier molecular flexibility index (Phi) is 6.11. The maximum absolute atomic E-state index is 12.8. The smallest absolute Gasteiger partial charge is 0.274 e. The van der Waals surface area contributed by atoms with Gasteiger partial charge in [-0.15, -0.1) is 11.3 Å². The maximum atomic E-state index is 12.8. The monoisotopic (exact) mass is 424 g/mol. The van der Waals surface area contributed by atoms with E-state index < -0.39 is 12.3 Å². The van der Waals surface area contributed by atoms with E-state index in [-0.39, 0.29) is 39.1 Å². The number of carbonyl (C=O) groups excluding carboxylic acids is 1. The van der Waals surface area contributed by atoms with Crippen LogP contribution in [-0.2, 0) is 6.54 Å². The number of phenolic OH excluding ortho intramolecular Hbond substituents is 1. The van der Waals surface area contributed by atoms with Crippen molar-refractivity contribution in [3.63, 3.8) is 0 Å². The van der Waals surface area contributed by atoms with Crippen LogP contribution >= 0.6 is 22.9 Å². The van der Waals surface area contributed by atoms with Gasteiger partial charge in [0, 0.05) is 17.8 Å². The molecule has 0 atom stereocenters. The number of nitrogens with one attached hydrogen (secondary N) is 1. The van der Waals surface area contributed by atoms with Crippen LogP contribution in [0.2, 0.25) is 5.02 Å². The van der Waals surface area contributed by atoms with Crippen molar-refractivity contribution >= 4 is 28.8 Å². The molecule has 1 amide bonds. The van der Waals surface area contributed by atoms with Gasteiger partial charge in [0.15, 0.2) is 0 Å². The Morgan fingerprint density at radius 1 is 1.32 bits per heavy atom.